The van der Waals surface area contributed by atoms with Crippen LogP contribution in [0.4, 0.5) is 22.4 Å². The summed E-state index contributed by atoms with van der Waals surface area (Å²) in [5.41, 5.74) is -5.78. The third-order valence-corrected chi connectivity index (χ3v) is 4.72. The molecule has 1 rings (SSSR count). The number of hydrogen-bond acceptors (Lipinski definition) is 3. The van der Waals surface area contributed by atoms with E-state index in [2.05, 4.69) is 17.2 Å². The first-order chi connectivity index (χ1) is 12.4. The fourth-order valence-electron chi connectivity index (χ4n) is 2.46. The second kappa shape index (κ2) is 7.85. The predicted octanol–water partition coefficient (Wildman–Crippen LogP) is 5.27. The van der Waals surface area contributed by atoms with Crippen molar-refractivity contribution in [2.75, 3.05) is 0 Å². The fraction of sp³-hybridized carbons (Fsp3) is 0.579. The summed E-state index contributed by atoms with van der Waals surface area (Å²) in [4.78, 5) is 11.2. The lowest BCUT2D eigenvalue weighted by atomic mass is 9.76. The molecule has 9 heteroatoms. The number of hydrogen-bond donors (Lipinski definition) is 2. The van der Waals surface area contributed by atoms with Crippen LogP contribution < -0.4 is 10.6 Å². The minimum absolute atomic E-state index is 0.220. The van der Waals surface area contributed by atoms with Crippen molar-refractivity contribution in [1.29, 1.82) is 0 Å². The van der Waals surface area contributed by atoms with Gasteiger partial charge < -0.3 is 10.1 Å². The molecule has 0 aliphatic carbocycles. The molecule has 0 aromatic carbocycles. The van der Waals surface area contributed by atoms with Gasteiger partial charge in [0.1, 0.15) is 22.0 Å². The first-order valence-corrected chi connectivity index (χ1v) is 8.95. The molecule has 28 heavy (non-hydrogen) atoms. The van der Waals surface area contributed by atoms with Crippen LogP contribution in [0.3, 0.4) is 0 Å². The van der Waals surface area contributed by atoms with Crippen molar-refractivity contribution in [3.05, 3.63) is 35.8 Å². The number of nitrogens with one attached hydrogen (secondary N) is 2. The summed E-state index contributed by atoms with van der Waals surface area (Å²) in [6, 6.07) is 0. The first kappa shape index (κ1) is 24.1. The molecule has 1 aliphatic heterocycles. The number of ether oxygens (including phenoxy) is 1. The Balaban J connectivity index is 2.99. The quantitative estimate of drug-likeness (QED) is 0.368. The third-order valence-electron chi connectivity index (χ3n) is 4.19. The van der Waals surface area contributed by atoms with Crippen LogP contribution in [0.2, 0.25) is 0 Å². The van der Waals surface area contributed by atoms with Crippen molar-refractivity contribution < 1.29 is 27.1 Å². The number of carbonyl (C=O) groups is 1. The molecule has 0 aromatic rings. The maximum atomic E-state index is 14.6. The van der Waals surface area contributed by atoms with E-state index in [0.29, 0.717) is 0 Å². The van der Waals surface area contributed by atoms with E-state index in [1.54, 1.807) is 20.8 Å². The minimum atomic E-state index is -3.64. The highest BCUT2D eigenvalue weighted by Crippen LogP contribution is 2.47. The zero-order valence-electron chi connectivity index (χ0n) is 16.8. The molecular formula is C19H26F4N2O2S. The van der Waals surface area contributed by atoms with Gasteiger partial charge in [0.2, 0.25) is 0 Å². The van der Waals surface area contributed by atoms with Crippen molar-refractivity contribution in [3.8, 4) is 0 Å². The first-order valence-electron chi connectivity index (χ1n) is 8.54. The van der Waals surface area contributed by atoms with E-state index in [9.17, 15) is 22.4 Å². The van der Waals surface area contributed by atoms with Gasteiger partial charge in [-0.25, -0.2) is 22.4 Å². The van der Waals surface area contributed by atoms with Crippen molar-refractivity contribution in [1.82, 2.24) is 10.6 Å². The molecule has 0 radical (unpaired) electrons. The molecule has 0 unspecified atom stereocenters. The van der Waals surface area contributed by atoms with Gasteiger partial charge in [-0.1, -0.05) is 18.8 Å². The molecule has 1 fully saturated rings. The second-order valence-electron chi connectivity index (χ2n) is 8.13. The van der Waals surface area contributed by atoms with Crippen LogP contribution in [0.25, 0.3) is 0 Å². The molecule has 4 nitrogen and oxygen atoms in total. The van der Waals surface area contributed by atoms with Gasteiger partial charge in [-0.2, -0.15) is 0 Å². The summed E-state index contributed by atoms with van der Waals surface area (Å²) < 4.78 is 62.9. The van der Waals surface area contributed by atoms with E-state index in [-0.39, 0.29) is 5.70 Å². The zero-order valence-corrected chi connectivity index (χ0v) is 17.6. The van der Waals surface area contributed by atoms with E-state index < -0.39 is 51.6 Å². The molecule has 158 valence electrons. The van der Waals surface area contributed by atoms with Gasteiger partial charge in [0.25, 0.3) is 5.92 Å². The van der Waals surface area contributed by atoms with Crippen LogP contribution in [-0.4, -0.2) is 33.8 Å². The van der Waals surface area contributed by atoms with Crippen molar-refractivity contribution >= 4 is 23.3 Å². The van der Waals surface area contributed by atoms with Gasteiger partial charge >= 0.3 is 6.09 Å². The maximum Gasteiger partial charge on any atom is 0.411 e. The zero-order chi connectivity index (χ0) is 22.1. The number of alkyl halides is 3. The molecule has 1 saturated heterocycles. The maximum absolute atomic E-state index is 14.6. The second-order valence-corrected chi connectivity index (χ2v) is 8.54. The standard InChI is InChI=1S/C19H26F4N2O2S/c1-11(24-15(26)27-16(3,4)5)8-9-13(20)12(2)18(7)19(22,23)10-17(6,21)14(28)25-18/h8-9H,2,10H2,1,3-7H3,(H,24,26)(H,25,28)/b11-8+,13-9+/t17-,18+/m0/s1. The van der Waals surface area contributed by atoms with E-state index in [1.165, 1.54) is 13.0 Å². The van der Waals surface area contributed by atoms with E-state index in [4.69, 9.17) is 17.0 Å². The number of amides is 1. The van der Waals surface area contributed by atoms with Crippen molar-refractivity contribution in [2.24, 2.45) is 0 Å². The Kier molecular flexibility index (Phi) is 6.77. The summed E-state index contributed by atoms with van der Waals surface area (Å²) in [5.74, 6) is -4.71. The number of allylic oxidation sites excluding steroid dienone is 3. The van der Waals surface area contributed by atoms with Gasteiger partial charge in [-0.3, -0.25) is 5.32 Å². The fourth-order valence-corrected chi connectivity index (χ4v) is 2.74. The Morgan fingerprint density at radius 2 is 1.82 bits per heavy atom. The Bertz CT molecular complexity index is 739. The summed E-state index contributed by atoms with van der Waals surface area (Å²) in [7, 11) is 0. The molecule has 2 atom stereocenters. The highest BCUT2D eigenvalue weighted by atomic mass is 32.1. The Morgan fingerprint density at radius 1 is 1.29 bits per heavy atom. The van der Waals surface area contributed by atoms with E-state index in [1.807, 2.05) is 0 Å². The number of rotatable bonds is 4. The molecule has 0 saturated carbocycles. The van der Waals surface area contributed by atoms with Crippen LogP contribution in [0.15, 0.2) is 35.8 Å². The summed E-state index contributed by atoms with van der Waals surface area (Å²) in [6.07, 6.45) is 0.120. The molecule has 0 spiro atoms. The Morgan fingerprint density at radius 3 is 2.32 bits per heavy atom. The number of halogens is 4. The predicted molar refractivity (Wildman–Crippen MR) is 105 cm³/mol. The number of carbonyl (C=O) groups excluding carboxylic acids is 1. The lowest BCUT2D eigenvalue weighted by Gasteiger charge is -2.47. The van der Waals surface area contributed by atoms with Crippen LogP contribution in [0.1, 0.15) is 48.0 Å². The highest BCUT2D eigenvalue weighted by Gasteiger charge is 2.61. The van der Waals surface area contributed by atoms with Gasteiger partial charge in [0.05, 0.1) is 6.42 Å². The smallest absolute Gasteiger partial charge is 0.411 e. The number of piperidine rings is 1. The largest absolute Gasteiger partial charge is 0.444 e. The Hall–Kier alpha value is -1.90. The van der Waals surface area contributed by atoms with Gasteiger partial charge in [0.15, 0.2) is 5.67 Å². The average molecular weight is 422 g/mol. The highest BCUT2D eigenvalue weighted by molar-refractivity contribution is 7.80. The molecule has 1 amide bonds. The normalized spacial score (nSPS) is 28.4. The molecule has 0 aromatic heterocycles. The van der Waals surface area contributed by atoms with Crippen LogP contribution in [-0.2, 0) is 4.74 Å². The van der Waals surface area contributed by atoms with Crippen molar-refractivity contribution in [2.45, 2.75) is 70.7 Å². The molecule has 1 heterocycles. The van der Waals surface area contributed by atoms with Crippen LogP contribution >= 0.6 is 12.2 Å². The van der Waals surface area contributed by atoms with Gasteiger partial charge in [-0.15, -0.1) is 0 Å². The number of alkyl carbamates (subject to hydrolysis) is 1. The minimum Gasteiger partial charge on any atom is -0.444 e. The third kappa shape index (κ3) is 5.56. The van der Waals surface area contributed by atoms with Gasteiger partial charge in [0, 0.05) is 11.3 Å². The summed E-state index contributed by atoms with van der Waals surface area (Å²) in [5, 5.41) is 4.59. The van der Waals surface area contributed by atoms with Crippen LogP contribution in [0, 0.1) is 0 Å². The van der Waals surface area contributed by atoms with Crippen LogP contribution in [0.5, 0.6) is 0 Å². The number of thiocarbonyl (C=S) groups is 1. The summed E-state index contributed by atoms with van der Waals surface area (Å²) in [6.45, 7) is 11.9. The molecule has 0 bridgehead atoms. The van der Waals surface area contributed by atoms with Crippen molar-refractivity contribution in [3.63, 3.8) is 0 Å². The van der Waals surface area contributed by atoms with Gasteiger partial charge in [-0.05, 0) is 53.7 Å². The Labute approximate surface area is 168 Å². The monoisotopic (exact) mass is 422 g/mol. The van der Waals surface area contributed by atoms with E-state index >= 15 is 0 Å². The van der Waals surface area contributed by atoms with E-state index in [0.717, 1.165) is 19.9 Å². The topological polar surface area (TPSA) is 50.4 Å². The molecular weight excluding hydrogens is 396 g/mol. The molecule has 1 aliphatic rings. The lowest BCUT2D eigenvalue weighted by molar-refractivity contribution is -0.101. The SMILES string of the molecule is C=C(/C(F)=C\C=C(/C)NC(=O)OC(C)(C)C)[C@@]1(C)NC(=S)[C@@](C)(F)CC1(F)F. The average Bonchev–Trinajstić information content (AvgIpc) is 2.47. The molecule has 2 N–H and O–H groups in total. The summed E-state index contributed by atoms with van der Waals surface area (Å²) >= 11 is 4.82. The lowest BCUT2D eigenvalue weighted by Crippen LogP contribution is -2.68.